The Bertz CT molecular complexity index is 779. The van der Waals surface area contributed by atoms with Gasteiger partial charge in [0.2, 0.25) is 0 Å². The van der Waals surface area contributed by atoms with E-state index in [1.54, 1.807) is 18.2 Å². The molecule has 5 nitrogen and oxygen atoms in total. The number of amides is 1. The molecule has 1 aliphatic rings. The van der Waals surface area contributed by atoms with Crippen molar-refractivity contribution in [2.75, 3.05) is 11.1 Å². The molecule has 2 aromatic rings. The molecule has 1 heterocycles. The van der Waals surface area contributed by atoms with Gasteiger partial charge < -0.3 is 0 Å². The summed E-state index contributed by atoms with van der Waals surface area (Å²) < 4.78 is 8.64. The molecule has 0 radical (unpaired) electrons. The SMILES string of the molecule is Cc1c(N)cccc1C(=O)Nc1cccc2c1N=[Se]=N2. The molecule has 1 amide bonds. The number of rotatable bonds is 2. The Balaban J connectivity index is 1.93. The average molecular weight is 331 g/mol. The molecule has 20 heavy (non-hydrogen) atoms. The topological polar surface area (TPSA) is 79.8 Å². The minimum atomic E-state index is -0.183. The van der Waals surface area contributed by atoms with Gasteiger partial charge in [0.15, 0.2) is 0 Å². The average Bonchev–Trinajstić information content (AvgIpc) is 2.91. The fraction of sp³-hybridized carbons (Fsp3) is 0.0714. The Labute approximate surface area is 122 Å². The van der Waals surface area contributed by atoms with Crippen LogP contribution in [0.4, 0.5) is 22.7 Å². The molecule has 6 heteroatoms. The van der Waals surface area contributed by atoms with E-state index in [-0.39, 0.29) is 20.5 Å². The summed E-state index contributed by atoms with van der Waals surface area (Å²) in [4.78, 5) is 12.4. The van der Waals surface area contributed by atoms with Crippen molar-refractivity contribution in [3.8, 4) is 0 Å². The second-order valence-corrected chi connectivity index (χ2v) is 5.52. The second-order valence-electron chi connectivity index (χ2n) is 4.41. The Kier molecular flexibility index (Phi) is 3.26. The summed E-state index contributed by atoms with van der Waals surface area (Å²) in [5.41, 5.74) is 10.1. The van der Waals surface area contributed by atoms with Gasteiger partial charge in [-0.1, -0.05) is 0 Å². The van der Waals surface area contributed by atoms with E-state index in [1.165, 1.54) is 0 Å². The number of carbonyl (C=O) groups excluding carboxylic acids is 1. The van der Waals surface area contributed by atoms with Gasteiger partial charge in [0.25, 0.3) is 0 Å². The van der Waals surface area contributed by atoms with Gasteiger partial charge in [-0.25, -0.2) is 0 Å². The molecule has 0 saturated carbocycles. The van der Waals surface area contributed by atoms with Crippen LogP contribution in [-0.4, -0.2) is 20.5 Å². The molecule has 0 unspecified atom stereocenters. The van der Waals surface area contributed by atoms with Crippen molar-refractivity contribution in [1.82, 2.24) is 0 Å². The number of nitrogen functional groups attached to an aromatic ring is 1. The van der Waals surface area contributed by atoms with Gasteiger partial charge in [-0.2, -0.15) is 0 Å². The van der Waals surface area contributed by atoms with Crippen molar-refractivity contribution < 1.29 is 4.79 Å². The zero-order valence-electron chi connectivity index (χ0n) is 10.8. The molecule has 3 N–H and O–H groups in total. The Morgan fingerprint density at radius 1 is 1.20 bits per heavy atom. The van der Waals surface area contributed by atoms with Crippen LogP contribution in [-0.2, 0) is 0 Å². The van der Waals surface area contributed by atoms with Gasteiger partial charge in [0.05, 0.1) is 0 Å². The third-order valence-corrected chi connectivity index (χ3v) is 4.29. The van der Waals surface area contributed by atoms with E-state index in [2.05, 4.69) is 13.2 Å². The molecule has 0 aliphatic carbocycles. The number of benzene rings is 2. The maximum absolute atomic E-state index is 12.4. The van der Waals surface area contributed by atoms with Crippen molar-refractivity contribution in [3.63, 3.8) is 0 Å². The van der Waals surface area contributed by atoms with Crippen molar-refractivity contribution in [2.45, 2.75) is 6.92 Å². The second kappa shape index (κ2) is 5.07. The summed E-state index contributed by atoms with van der Waals surface area (Å²) >= 11 is -0.115. The van der Waals surface area contributed by atoms with E-state index in [0.29, 0.717) is 16.9 Å². The van der Waals surface area contributed by atoms with E-state index >= 15 is 0 Å². The number of carbonyl (C=O) groups is 1. The summed E-state index contributed by atoms with van der Waals surface area (Å²) in [6.07, 6.45) is 0. The normalized spacial score (nSPS) is 11.8. The molecule has 0 spiro atoms. The third-order valence-electron chi connectivity index (χ3n) is 3.15. The molecule has 3 rings (SSSR count). The molecular formula is C14H12N4OSe. The Hall–Kier alpha value is -2.17. The number of nitrogens with zero attached hydrogens (tertiary/aromatic N) is 2. The van der Waals surface area contributed by atoms with Crippen LogP contribution >= 0.6 is 0 Å². The number of nitrogens with one attached hydrogen (secondary N) is 1. The molecule has 0 atom stereocenters. The first kappa shape index (κ1) is 12.8. The first-order chi connectivity index (χ1) is 9.66. The molecule has 100 valence electrons. The van der Waals surface area contributed by atoms with Gasteiger partial charge in [-0.3, -0.25) is 0 Å². The van der Waals surface area contributed by atoms with Gasteiger partial charge in [0.1, 0.15) is 0 Å². The first-order valence-corrected chi connectivity index (χ1v) is 7.58. The molecule has 0 fully saturated rings. The number of anilines is 2. The van der Waals surface area contributed by atoms with Gasteiger partial charge in [-0.05, 0) is 0 Å². The number of hydrogen-bond acceptors (Lipinski definition) is 4. The Morgan fingerprint density at radius 2 is 2.00 bits per heavy atom. The van der Waals surface area contributed by atoms with E-state index in [1.807, 2.05) is 25.1 Å². The van der Waals surface area contributed by atoms with Crippen LogP contribution in [0.2, 0.25) is 0 Å². The van der Waals surface area contributed by atoms with Gasteiger partial charge in [0, 0.05) is 0 Å². The first-order valence-electron chi connectivity index (χ1n) is 6.04. The van der Waals surface area contributed by atoms with E-state index in [0.717, 1.165) is 16.9 Å². The van der Waals surface area contributed by atoms with Crippen LogP contribution in [0.5, 0.6) is 0 Å². The standard InChI is InChI=1S/C14H12N4OSe/c1-8-9(4-2-5-10(8)15)14(19)16-11-6-3-7-12-13(11)18-20-17-12/h2-7H,15H2,1H3,(H,16,19). The molecule has 0 bridgehead atoms. The molecule has 1 aliphatic heterocycles. The Morgan fingerprint density at radius 3 is 2.85 bits per heavy atom. The molecule has 2 aromatic carbocycles. The summed E-state index contributed by atoms with van der Waals surface area (Å²) in [6, 6.07) is 10.9. The fourth-order valence-electron chi connectivity index (χ4n) is 2.00. The van der Waals surface area contributed by atoms with E-state index in [4.69, 9.17) is 5.73 Å². The predicted molar refractivity (Wildman–Crippen MR) is 79.9 cm³/mol. The zero-order chi connectivity index (χ0) is 14.1. The van der Waals surface area contributed by atoms with Crippen LogP contribution in [0.15, 0.2) is 44.3 Å². The minimum absolute atomic E-state index is 0.115. The van der Waals surface area contributed by atoms with Crippen LogP contribution in [0.25, 0.3) is 0 Å². The van der Waals surface area contributed by atoms with Gasteiger partial charge in [-0.15, -0.1) is 0 Å². The summed E-state index contributed by atoms with van der Waals surface area (Å²) in [5, 5.41) is 2.89. The van der Waals surface area contributed by atoms with Crippen LogP contribution in [0.3, 0.4) is 0 Å². The molecular weight excluding hydrogens is 319 g/mol. The summed E-state index contributed by atoms with van der Waals surface area (Å²) in [5.74, 6) is -0.183. The van der Waals surface area contributed by atoms with E-state index < -0.39 is 0 Å². The van der Waals surface area contributed by atoms with E-state index in [9.17, 15) is 4.79 Å². The van der Waals surface area contributed by atoms with Crippen LogP contribution in [0, 0.1) is 6.92 Å². The zero-order valence-corrected chi connectivity index (χ0v) is 12.5. The maximum atomic E-state index is 12.4. The number of hydrogen-bond donors (Lipinski definition) is 2. The van der Waals surface area contributed by atoms with Gasteiger partial charge >= 0.3 is 121 Å². The molecule has 0 aromatic heterocycles. The fourth-order valence-corrected chi connectivity index (χ4v) is 3.15. The number of nitrogens with two attached hydrogens (primary N) is 1. The van der Waals surface area contributed by atoms with Crippen molar-refractivity contribution >= 4 is 43.2 Å². The predicted octanol–water partition coefficient (Wildman–Crippen LogP) is 3.18. The van der Waals surface area contributed by atoms with Crippen LogP contribution < -0.4 is 11.1 Å². The summed E-state index contributed by atoms with van der Waals surface area (Å²) in [7, 11) is 0. The third kappa shape index (κ3) is 2.19. The molecule has 0 saturated heterocycles. The van der Waals surface area contributed by atoms with Crippen molar-refractivity contribution in [3.05, 3.63) is 47.5 Å². The summed E-state index contributed by atoms with van der Waals surface area (Å²) in [6.45, 7) is 1.84. The monoisotopic (exact) mass is 332 g/mol. The number of fused-ring (bicyclic) bond motifs is 1. The quantitative estimate of drug-likeness (QED) is 0.559. The van der Waals surface area contributed by atoms with Crippen LogP contribution in [0.1, 0.15) is 15.9 Å². The van der Waals surface area contributed by atoms with Crippen molar-refractivity contribution in [1.29, 1.82) is 0 Å². The van der Waals surface area contributed by atoms with Crippen molar-refractivity contribution in [2.24, 2.45) is 7.92 Å².